The third kappa shape index (κ3) is 2.83. The van der Waals surface area contributed by atoms with Crippen molar-refractivity contribution in [2.75, 3.05) is 14.2 Å². The Labute approximate surface area is 114 Å². The Hall–Kier alpha value is -1.71. The molecule has 3 nitrogen and oxygen atoms in total. The Morgan fingerprint density at radius 1 is 0.947 bits per heavy atom. The van der Waals surface area contributed by atoms with Gasteiger partial charge in [0, 0.05) is 14.2 Å². The summed E-state index contributed by atoms with van der Waals surface area (Å²) in [6.45, 7) is 2.01. The van der Waals surface area contributed by atoms with Crippen molar-refractivity contribution < 1.29 is 9.47 Å². The molecule has 0 aromatic carbocycles. The van der Waals surface area contributed by atoms with Gasteiger partial charge in [0.15, 0.2) is 0 Å². The van der Waals surface area contributed by atoms with Crippen LogP contribution in [0.15, 0.2) is 59.3 Å². The van der Waals surface area contributed by atoms with Gasteiger partial charge in [0.25, 0.3) is 0 Å². The zero-order valence-electron chi connectivity index (χ0n) is 11.5. The standard InChI is InChI=1S/C16H19NO2/c1-4-11-5-6-12(9-15(11)18-2)13-7-8-14(17)16(10-13)19-3/h4-10,15-17H,1-3H3. The van der Waals surface area contributed by atoms with Crippen LogP contribution >= 0.6 is 0 Å². The Balaban J connectivity index is 2.29. The zero-order valence-corrected chi connectivity index (χ0v) is 11.5. The molecular formula is C16H19NO2. The minimum Gasteiger partial charge on any atom is -0.373 e. The molecule has 2 rings (SSSR count). The molecule has 0 aliphatic heterocycles. The summed E-state index contributed by atoms with van der Waals surface area (Å²) in [5.74, 6) is 0. The van der Waals surface area contributed by atoms with E-state index in [2.05, 4.69) is 24.3 Å². The van der Waals surface area contributed by atoms with Crippen LogP contribution in [-0.2, 0) is 9.47 Å². The van der Waals surface area contributed by atoms with Crippen molar-refractivity contribution in [1.82, 2.24) is 0 Å². The highest BCUT2D eigenvalue weighted by atomic mass is 16.5. The van der Waals surface area contributed by atoms with Crippen molar-refractivity contribution in [1.29, 1.82) is 5.41 Å². The molecule has 3 heteroatoms. The predicted octanol–water partition coefficient (Wildman–Crippen LogP) is 2.97. The first-order chi connectivity index (χ1) is 9.19. The van der Waals surface area contributed by atoms with Gasteiger partial charge in [-0.3, -0.25) is 0 Å². The third-order valence-electron chi connectivity index (χ3n) is 3.37. The second kappa shape index (κ2) is 5.95. The molecule has 0 aromatic rings. The molecule has 2 aliphatic rings. The number of ether oxygens (including phenoxy) is 2. The molecule has 0 bridgehead atoms. The van der Waals surface area contributed by atoms with Crippen LogP contribution in [0.25, 0.3) is 0 Å². The number of hydrogen-bond donors (Lipinski definition) is 1. The highest BCUT2D eigenvalue weighted by Gasteiger charge is 2.18. The second-order valence-corrected chi connectivity index (χ2v) is 4.47. The number of allylic oxidation sites excluding steroid dienone is 5. The molecule has 0 saturated heterocycles. The van der Waals surface area contributed by atoms with E-state index < -0.39 is 0 Å². The lowest BCUT2D eigenvalue weighted by Gasteiger charge is -2.22. The van der Waals surface area contributed by atoms with Crippen LogP contribution in [0.4, 0.5) is 0 Å². The molecule has 100 valence electrons. The normalized spacial score (nSPS) is 28.6. The highest BCUT2D eigenvalue weighted by Crippen LogP contribution is 2.26. The van der Waals surface area contributed by atoms with Crippen LogP contribution in [0.5, 0.6) is 0 Å². The molecule has 0 heterocycles. The van der Waals surface area contributed by atoms with Gasteiger partial charge in [0.1, 0.15) is 12.2 Å². The summed E-state index contributed by atoms with van der Waals surface area (Å²) >= 11 is 0. The molecule has 2 unspecified atom stereocenters. The van der Waals surface area contributed by atoms with Crippen LogP contribution in [0.3, 0.4) is 0 Å². The molecular weight excluding hydrogens is 238 g/mol. The summed E-state index contributed by atoms with van der Waals surface area (Å²) in [5, 5.41) is 7.76. The van der Waals surface area contributed by atoms with Crippen molar-refractivity contribution >= 4 is 5.71 Å². The van der Waals surface area contributed by atoms with E-state index in [1.165, 1.54) is 0 Å². The molecule has 0 saturated carbocycles. The largest absolute Gasteiger partial charge is 0.373 e. The smallest absolute Gasteiger partial charge is 0.117 e. The summed E-state index contributed by atoms with van der Waals surface area (Å²) in [5.41, 5.74) is 3.80. The number of rotatable bonds is 3. The molecule has 2 atom stereocenters. The van der Waals surface area contributed by atoms with Crippen molar-refractivity contribution in [3.63, 3.8) is 0 Å². The quantitative estimate of drug-likeness (QED) is 0.844. The van der Waals surface area contributed by atoms with Crippen LogP contribution in [0.1, 0.15) is 6.92 Å². The number of methoxy groups -OCH3 is 2. The van der Waals surface area contributed by atoms with Crippen molar-refractivity contribution in [3.05, 3.63) is 59.3 Å². The van der Waals surface area contributed by atoms with Gasteiger partial charge < -0.3 is 14.9 Å². The van der Waals surface area contributed by atoms with Gasteiger partial charge in [0.05, 0.1) is 5.71 Å². The van der Waals surface area contributed by atoms with Gasteiger partial charge in [-0.1, -0.05) is 24.3 Å². The maximum atomic E-state index is 7.76. The SMILES string of the molecule is CC=C1C=CC(C2=CC(OC)C(=N)C=C2)=CC1OC. The summed E-state index contributed by atoms with van der Waals surface area (Å²) in [6, 6.07) is 0. The Morgan fingerprint density at radius 3 is 2.11 bits per heavy atom. The van der Waals surface area contributed by atoms with E-state index in [1.54, 1.807) is 20.3 Å². The number of hydrogen-bond acceptors (Lipinski definition) is 3. The van der Waals surface area contributed by atoms with E-state index in [0.29, 0.717) is 5.71 Å². The molecule has 2 aliphatic carbocycles. The van der Waals surface area contributed by atoms with E-state index in [-0.39, 0.29) is 12.2 Å². The fourth-order valence-electron chi connectivity index (χ4n) is 2.22. The summed E-state index contributed by atoms with van der Waals surface area (Å²) < 4.78 is 10.7. The lowest BCUT2D eigenvalue weighted by Crippen LogP contribution is -2.21. The minimum atomic E-state index is -0.265. The van der Waals surface area contributed by atoms with Gasteiger partial charge in [0.2, 0.25) is 0 Å². The predicted molar refractivity (Wildman–Crippen MR) is 77.5 cm³/mol. The fourth-order valence-corrected chi connectivity index (χ4v) is 2.22. The topological polar surface area (TPSA) is 42.3 Å². The first kappa shape index (κ1) is 13.7. The van der Waals surface area contributed by atoms with E-state index in [4.69, 9.17) is 14.9 Å². The lowest BCUT2D eigenvalue weighted by atomic mass is 9.91. The van der Waals surface area contributed by atoms with E-state index >= 15 is 0 Å². The number of nitrogens with one attached hydrogen (secondary N) is 1. The average Bonchev–Trinajstić information content (AvgIpc) is 2.47. The van der Waals surface area contributed by atoms with Crippen molar-refractivity contribution in [2.45, 2.75) is 19.1 Å². The third-order valence-corrected chi connectivity index (χ3v) is 3.37. The maximum Gasteiger partial charge on any atom is 0.117 e. The first-order valence-corrected chi connectivity index (χ1v) is 6.30. The minimum absolute atomic E-state index is 0.0123. The van der Waals surface area contributed by atoms with Gasteiger partial charge in [-0.25, -0.2) is 0 Å². The van der Waals surface area contributed by atoms with Crippen LogP contribution < -0.4 is 0 Å². The zero-order chi connectivity index (χ0) is 13.8. The van der Waals surface area contributed by atoms with Crippen molar-refractivity contribution in [2.24, 2.45) is 0 Å². The van der Waals surface area contributed by atoms with Crippen LogP contribution in [0.2, 0.25) is 0 Å². The fraction of sp³-hybridized carbons (Fsp3) is 0.312. The lowest BCUT2D eigenvalue weighted by molar-refractivity contribution is 0.170. The highest BCUT2D eigenvalue weighted by molar-refractivity contribution is 5.99. The Bertz CT molecular complexity index is 521. The molecule has 1 N–H and O–H groups in total. The molecule has 0 spiro atoms. The van der Waals surface area contributed by atoms with Gasteiger partial charge in [-0.05, 0) is 41.9 Å². The molecule has 0 radical (unpaired) electrons. The van der Waals surface area contributed by atoms with Gasteiger partial charge in [-0.2, -0.15) is 0 Å². The molecule has 0 aromatic heterocycles. The Kier molecular flexibility index (Phi) is 4.30. The first-order valence-electron chi connectivity index (χ1n) is 6.30. The monoisotopic (exact) mass is 257 g/mol. The van der Waals surface area contributed by atoms with E-state index in [1.807, 2.05) is 19.1 Å². The van der Waals surface area contributed by atoms with Gasteiger partial charge in [-0.15, -0.1) is 0 Å². The van der Waals surface area contributed by atoms with Crippen molar-refractivity contribution in [3.8, 4) is 0 Å². The Morgan fingerprint density at radius 2 is 1.53 bits per heavy atom. The van der Waals surface area contributed by atoms with Gasteiger partial charge >= 0.3 is 0 Å². The van der Waals surface area contributed by atoms with E-state index in [0.717, 1.165) is 16.7 Å². The summed E-state index contributed by atoms with van der Waals surface area (Å²) in [4.78, 5) is 0. The van der Waals surface area contributed by atoms with Crippen LogP contribution in [-0.4, -0.2) is 32.1 Å². The molecule has 0 amide bonds. The molecule has 19 heavy (non-hydrogen) atoms. The van der Waals surface area contributed by atoms with Crippen LogP contribution in [0, 0.1) is 5.41 Å². The second-order valence-electron chi connectivity index (χ2n) is 4.47. The average molecular weight is 257 g/mol. The van der Waals surface area contributed by atoms with E-state index in [9.17, 15) is 0 Å². The molecule has 0 fully saturated rings. The summed E-state index contributed by atoms with van der Waals surface area (Å²) in [6.07, 6.45) is 13.7. The summed E-state index contributed by atoms with van der Waals surface area (Å²) in [7, 11) is 3.33. The maximum absolute atomic E-state index is 7.76.